The van der Waals surface area contributed by atoms with Crippen molar-refractivity contribution in [2.75, 3.05) is 6.54 Å². The Balaban J connectivity index is 1.68. The lowest BCUT2D eigenvalue weighted by Gasteiger charge is -2.26. The van der Waals surface area contributed by atoms with Gasteiger partial charge in [-0.3, -0.25) is 0 Å². The molecule has 1 atom stereocenters. The normalized spacial score (nSPS) is 18.5. The van der Waals surface area contributed by atoms with Crippen molar-refractivity contribution in [3.8, 4) is 0 Å². The highest BCUT2D eigenvalue weighted by atomic mass is 16.3. The Morgan fingerprint density at radius 2 is 1.91 bits per heavy atom. The second-order valence-corrected chi connectivity index (χ2v) is 6.64. The number of hydrogen-bond donors (Lipinski definition) is 3. The Morgan fingerprint density at radius 3 is 2.59 bits per heavy atom. The van der Waals surface area contributed by atoms with Crippen LogP contribution in [0.2, 0.25) is 0 Å². The SMILES string of the molecule is C[C@@](O)(CCc1ccccc1)CNC(=O)NC1CCCCC1. The number of aliphatic hydroxyl groups is 1. The molecule has 1 aromatic carbocycles. The monoisotopic (exact) mass is 304 g/mol. The molecule has 2 rings (SSSR count). The van der Waals surface area contributed by atoms with E-state index in [0.717, 1.165) is 19.3 Å². The molecule has 1 saturated carbocycles. The maximum Gasteiger partial charge on any atom is 0.315 e. The highest BCUT2D eigenvalue weighted by Gasteiger charge is 2.22. The quantitative estimate of drug-likeness (QED) is 0.756. The Kier molecular flexibility index (Phi) is 6.25. The van der Waals surface area contributed by atoms with Crippen LogP contribution in [-0.4, -0.2) is 29.3 Å². The van der Waals surface area contributed by atoms with Crippen molar-refractivity contribution in [1.29, 1.82) is 0 Å². The van der Waals surface area contributed by atoms with Crippen LogP contribution in [0.4, 0.5) is 4.79 Å². The molecule has 0 bridgehead atoms. The minimum atomic E-state index is -0.889. The van der Waals surface area contributed by atoms with Gasteiger partial charge in [-0.05, 0) is 38.2 Å². The third-order valence-corrected chi connectivity index (χ3v) is 4.37. The van der Waals surface area contributed by atoms with Crippen LogP contribution in [0, 0.1) is 0 Å². The van der Waals surface area contributed by atoms with Crippen LogP contribution in [0.5, 0.6) is 0 Å². The van der Waals surface area contributed by atoms with Gasteiger partial charge in [0.15, 0.2) is 0 Å². The fourth-order valence-corrected chi connectivity index (χ4v) is 2.90. The smallest absolute Gasteiger partial charge is 0.315 e. The van der Waals surface area contributed by atoms with Crippen LogP contribution in [0.1, 0.15) is 51.0 Å². The largest absolute Gasteiger partial charge is 0.388 e. The highest BCUT2D eigenvalue weighted by molar-refractivity contribution is 5.74. The van der Waals surface area contributed by atoms with Gasteiger partial charge in [0, 0.05) is 12.6 Å². The fourth-order valence-electron chi connectivity index (χ4n) is 2.90. The lowest BCUT2D eigenvalue weighted by atomic mass is 9.95. The molecule has 1 aliphatic carbocycles. The molecule has 0 unspecified atom stereocenters. The Hall–Kier alpha value is -1.55. The predicted octanol–water partition coefficient (Wildman–Crippen LogP) is 3.00. The molecule has 4 nitrogen and oxygen atoms in total. The van der Waals surface area contributed by atoms with E-state index in [0.29, 0.717) is 12.5 Å². The van der Waals surface area contributed by atoms with Crippen molar-refractivity contribution in [3.63, 3.8) is 0 Å². The summed E-state index contributed by atoms with van der Waals surface area (Å²) >= 11 is 0. The van der Waals surface area contributed by atoms with E-state index in [4.69, 9.17) is 0 Å². The number of aryl methyl sites for hydroxylation is 1. The summed E-state index contributed by atoms with van der Waals surface area (Å²) in [4.78, 5) is 11.9. The molecular weight excluding hydrogens is 276 g/mol. The number of urea groups is 1. The zero-order valence-corrected chi connectivity index (χ0v) is 13.5. The van der Waals surface area contributed by atoms with E-state index in [1.807, 2.05) is 18.2 Å². The number of amides is 2. The number of rotatable bonds is 6. The Morgan fingerprint density at radius 1 is 1.23 bits per heavy atom. The van der Waals surface area contributed by atoms with E-state index in [-0.39, 0.29) is 12.6 Å². The topological polar surface area (TPSA) is 61.4 Å². The average molecular weight is 304 g/mol. The van der Waals surface area contributed by atoms with Crippen molar-refractivity contribution in [2.45, 2.75) is 63.5 Å². The highest BCUT2D eigenvalue weighted by Crippen LogP contribution is 2.17. The Labute approximate surface area is 133 Å². The first-order valence-electron chi connectivity index (χ1n) is 8.36. The number of carbonyl (C=O) groups excluding carboxylic acids is 1. The first-order chi connectivity index (χ1) is 10.6. The molecule has 0 spiro atoms. The van der Waals surface area contributed by atoms with Gasteiger partial charge in [-0.2, -0.15) is 0 Å². The summed E-state index contributed by atoms with van der Waals surface area (Å²) in [6.45, 7) is 2.05. The molecule has 4 heteroatoms. The van der Waals surface area contributed by atoms with Gasteiger partial charge in [0.2, 0.25) is 0 Å². The first kappa shape index (κ1) is 16.8. The van der Waals surface area contributed by atoms with Crippen LogP contribution < -0.4 is 10.6 Å². The second-order valence-electron chi connectivity index (χ2n) is 6.64. The lowest BCUT2D eigenvalue weighted by Crippen LogP contribution is -2.48. The molecular formula is C18H28N2O2. The van der Waals surface area contributed by atoms with Crippen LogP contribution >= 0.6 is 0 Å². The van der Waals surface area contributed by atoms with Crippen molar-refractivity contribution < 1.29 is 9.90 Å². The third-order valence-electron chi connectivity index (χ3n) is 4.37. The molecule has 1 fully saturated rings. The summed E-state index contributed by atoms with van der Waals surface area (Å²) in [7, 11) is 0. The van der Waals surface area contributed by atoms with Gasteiger partial charge in [0.05, 0.1) is 5.60 Å². The van der Waals surface area contributed by atoms with Crippen LogP contribution in [0.3, 0.4) is 0 Å². The van der Waals surface area contributed by atoms with Crippen molar-refractivity contribution >= 4 is 6.03 Å². The van der Waals surface area contributed by atoms with Gasteiger partial charge < -0.3 is 15.7 Å². The van der Waals surface area contributed by atoms with Gasteiger partial charge in [-0.25, -0.2) is 4.79 Å². The minimum absolute atomic E-state index is 0.160. The predicted molar refractivity (Wildman–Crippen MR) is 88.8 cm³/mol. The third kappa shape index (κ3) is 6.06. The molecule has 1 aliphatic rings. The second kappa shape index (κ2) is 8.18. The summed E-state index contributed by atoms with van der Waals surface area (Å²) in [5.41, 5.74) is 0.314. The van der Waals surface area contributed by atoms with E-state index >= 15 is 0 Å². The minimum Gasteiger partial charge on any atom is -0.388 e. The first-order valence-corrected chi connectivity index (χ1v) is 8.36. The van der Waals surface area contributed by atoms with Gasteiger partial charge in [0.25, 0.3) is 0 Å². The van der Waals surface area contributed by atoms with E-state index in [9.17, 15) is 9.90 Å². The summed E-state index contributed by atoms with van der Waals surface area (Å²) < 4.78 is 0. The summed E-state index contributed by atoms with van der Waals surface area (Å²) in [6, 6.07) is 10.2. The summed E-state index contributed by atoms with van der Waals surface area (Å²) in [5, 5.41) is 16.2. The van der Waals surface area contributed by atoms with Crippen LogP contribution in [-0.2, 0) is 6.42 Å². The number of nitrogens with one attached hydrogen (secondary N) is 2. The van der Waals surface area contributed by atoms with Gasteiger partial charge in [-0.1, -0.05) is 49.6 Å². The molecule has 22 heavy (non-hydrogen) atoms. The maximum atomic E-state index is 11.9. The molecule has 0 aliphatic heterocycles. The van der Waals surface area contributed by atoms with E-state index < -0.39 is 5.60 Å². The van der Waals surface area contributed by atoms with Crippen LogP contribution in [0.15, 0.2) is 30.3 Å². The number of carbonyl (C=O) groups is 1. The standard InChI is InChI=1S/C18H28N2O2/c1-18(22,13-12-15-8-4-2-5-9-15)14-19-17(21)20-16-10-6-3-7-11-16/h2,4-5,8-9,16,22H,3,6-7,10-14H2,1H3,(H2,19,20,21)/t18-/m1/s1. The molecule has 122 valence electrons. The molecule has 0 aromatic heterocycles. The van der Waals surface area contributed by atoms with E-state index in [2.05, 4.69) is 22.8 Å². The summed E-state index contributed by atoms with van der Waals surface area (Å²) in [5.74, 6) is 0. The molecule has 0 radical (unpaired) electrons. The molecule has 3 N–H and O–H groups in total. The molecule has 0 heterocycles. The van der Waals surface area contributed by atoms with Crippen molar-refractivity contribution in [1.82, 2.24) is 10.6 Å². The number of benzene rings is 1. The summed E-state index contributed by atoms with van der Waals surface area (Å²) in [6.07, 6.45) is 7.23. The Bertz CT molecular complexity index is 453. The number of hydrogen-bond acceptors (Lipinski definition) is 2. The molecule has 2 amide bonds. The van der Waals surface area contributed by atoms with Gasteiger partial charge >= 0.3 is 6.03 Å². The maximum absolute atomic E-state index is 11.9. The van der Waals surface area contributed by atoms with Gasteiger partial charge in [-0.15, -0.1) is 0 Å². The average Bonchev–Trinajstić information content (AvgIpc) is 2.53. The zero-order valence-electron chi connectivity index (χ0n) is 13.5. The lowest BCUT2D eigenvalue weighted by molar-refractivity contribution is 0.0532. The fraction of sp³-hybridized carbons (Fsp3) is 0.611. The molecule has 0 saturated heterocycles. The van der Waals surface area contributed by atoms with Gasteiger partial charge in [0.1, 0.15) is 0 Å². The molecule has 1 aromatic rings. The van der Waals surface area contributed by atoms with Crippen LogP contribution in [0.25, 0.3) is 0 Å². The van der Waals surface area contributed by atoms with E-state index in [1.54, 1.807) is 6.92 Å². The van der Waals surface area contributed by atoms with Crippen molar-refractivity contribution in [3.05, 3.63) is 35.9 Å². The van der Waals surface area contributed by atoms with E-state index in [1.165, 1.54) is 24.8 Å². The zero-order chi connectivity index (χ0) is 15.8. The van der Waals surface area contributed by atoms with Crippen molar-refractivity contribution in [2.24, 2.45) is 0 Å².